The topological polar surface area (TPSA) is 104 Å². The summed E-state index contributed by atoms with van der Waals surface area (Å²) in [7, 11) is 1.16. The zero-order chi connectivity index (χ0) is 13.6. The van der Waals surface area contributed by atoms with E-state index in [2.05, 4.69) is 0 Å². The number of aliphatic hydroxyl groups is 1. The number of carbonyl (C=O) groups is 2. The van der Waals surface area contributed by atoms with Crippen molar-refractivity contribution in [1.82, 2.24) is 0 Å². The number of methoxy groups -OCH3 is 1. The van der Waals surface area contributed by atoms with E-state index in [0.29, 0.717) is 6.08 Å². The molecule has 94 valence electrons. The van der Waals surface area contributed by atoms with E-state index in [1.807, 2.05) is 0 Å². The fourth-order valence-corrected chi connectivity index (χ4v) is 1.97. The number of hydrogen-bond acceptors (Lipinski definition) is 6. The molecule has 6 nitrogen and oxygen atoms in total. The number of rotatable bonds is 1. The fraction of sp³-hybridized carbons (Fsp3) is 0.0909. The predicted octanol–water partition coefficient (Wildman–Crippen LogP) is 1.42. The SMILES string of the molecule is COc1c(O)c2c(c(O)c1Cl)C(O)=CC(=O)C2=O. The van der Waals surface area contributed by atoms with Gasteiger partial charge in [-0.05, 0) is 0 Å². The number of fused-ring (bicyclic) bond motifs is 1. The van der Waals surface area contributed by atoms with Gasteiger partial charge in [-0.2, -0.15) is 0 Å². The number of Topliss-reactive ketones (excluding diaryl/α,β-unsaturated/α-hetero) is 1. The Bertz CT molecular complexity index is 617. The van der Waals surface area contributed by atoms with Crippen LogP contribution in [0.15, 0.2) is 6.08 Å². The monoisotopic (exact) mass is 270 g/mol. The summed E-state index contributed by atoms with van der Waals surface area (Å²) in [6.45, 7) is 0. The van der Waals surface area contributed by atoms with Crippen LogP contribution < -0.4 is 4.74 Å². The molecule has 0 unspecified atom stereocenters. The summed E-state index contributed by atoms with van der Waals surface area (Å²) in [6.07, 6.45) is 0.645. The van der Waals surface area contributed by atoms with E-state index >= 15 is 0 Å². The van der Waals surface area contributed by atoms with Crippen LogP contribution in [0, 0.1) is 0 Å². The van der Waals surface area contributed by atoms with E-state index < -0.39 is 34.4 Å². The highest BCUT2D eigenvalue weighted by Crippen LogP contribution is 2.49. The Morgan fingerprint density at radius 2 is 1.72 bits per heavy atom. The van der Waals surface area contributed by atoms with E-state index in [0.717, 1.165) is 7.11 Å². The molecule has 3 N–H and O–H groups in total. The van der Waals surface area contributed by atoms with Crippen molar-refractivity contribution in [2.45, 2.75) is 0 Å². The molecule has 0 atom stereocenters. The lowest BCUT2D eigenvalue weighted by Crippen LogP contribution is -2.19. The number of aromatic hydroxyl groups is 2. The molecule has 1 aliphatic carbocycles. The normalized spacial score (nSPS) is 14.2. The molecule has 0 fully saturated rings. The van der Waals surface area contributed by atoms with Crippen LogP contribution in [0.25, 0.3) is 5.76 Å². The van der Waals surface area contributed by atoms with Crippen LogP contribution in [0.4, 0.5) is 0 Å². The average molecular weight is 271 g/mol. The predicted molar refractivity (Wildman–Crippen MR) is 61.3 cm³/mol. The largest absolute Gasteiger partial charge is 0.507 e. The van der Waals surface area contributed by atoms with Gasteiger partial charge >= 0.3 is 0 Å². The Morgan fingerprint density at radius 1 is 1.11 bits per heavy atom. The van der Waals surface area contributed by atoms with Crippen molar-refractivity contribution in [3.8, 4) is 17.2 Å². The van der Waals surface area contributed by atoms with Crippen molar-refractivity contribution in [3.63, 3.8) is 0 Å². The van der Waals surface area contributed by atoms with Gasteiger partial charge in [0, 0.05) is 6.08 Å². The molecule has 18 heavy (non-hydrogen) atoms. The Kier molecular flexibility index (Phi) is 2.67. The third kappa shape index (κ3) is 1.42. The molecule has 1 aromatic rings. The van der Waals surface area contributed by atoms with Gasteiger partial charge in [0.25, 0.3) is 0 Å². The molecule has 0 saturated carbocycles. The molecular formula is C11H7ClO6. The lowest BCUT2D eigenvalue weighted by Gasteiger charge is -2.18. The van der Waals surface area contributed by atoms with Crippen LogP contribution in [0.3, 0.4) is 0 Å². The Labute approximate surface area is 106 Å². The lowest BCUT2D eigenvalue weighted by molar-refractivity contribution is -0.111. The third-order valence-electron chi connectivity index (χ3n) is 2.52. The third-order valence-corrected chi connectivity index (χ3v) is 2.88. The fourth-order valence-electron chi connectivity index (χ4n) is 1.71. The molecule has 0 saturated heterocycles. The minimum absolute atomic E-state index is 0.344. The number of allylic oxidation sites excluding steroid dienone is 1. The molecule has 2 rings (SSSR count). The van der Waals surface area contributed by atoms with Crippen molar-refractivity contribution < 1.29 is 29.6 Å². The number of aliphatic hydroxyl groups excluding tert-OH is 1. The highest BCUT2D eigenvalue weighted by molar-refractivity contribution is 6.51. The van der Waals surface area contributed by atoms with Gasteiger partial charge in [-0.15, -0.1) is 0 Å². The van der Waals surface area contributed by atoms with Crippen molar-refractivity contribution in [3.05, 3.63) is 22.2 Å². The molecule has 7 heteroatoms. The number of halogens is 1. The summed E-state index contributed by atoms with van der Waals surface area (Å²) in [5.41, 5.74) is -0.915. The number of carbonyl (C=O) groups excluding carboxylic acids is 2. The molecule has 1 aromatic carbocycles. The quantitative estimate of drug-likeness (QED) is 0.527. The van der Waals surface area contributed by atoms with Gasteiger partial charge in [-0.3, -0.25) is 9.59 Å². The van der Waals surface area contributed by atoms with Crippen LogP contribution in [0.2, 0.25) is 5.02 Å². The first kappa shape index (κ1) is 12.3. The van der Waals surface area contributed by atoms with Crippen LogP contribution in [0.1, 0.15) is 15.9 Å². The van der Waals surface area contributed by atoms with Crippen molar-refractivity contribution in [2.75, 3.05) is 7.11 Å². The molecule has 0 bridgehead atoms. The van der Waals surface area contributed by atoms with Crippen LogP contribution in [-0.4, -0.2) is 34.0 Å². The zero-order valence-electron chi connectivity index (χ0n) is 9.02. The highest BCUT2D eigenvalue weighted by atomic mass is 35.5. The van der Waals surface area contributed by atoms with Gasteiger partial charge in [-0.25, -0.2) is 0 Å². The number of ether oxygens (including phenoxy) is 1. The first-order chi connectivity index (χ1) is 8.40. The maximum atomic E-state index is 11.6. The van der Waals surface area contributed by atoms with Gasteiger partial charge in [-0.1, -0.05) is 11.6 Å². The number of phenolic OH excluding ortho intramolecular Hbond substituents is 2. The summed E-state index contributed by atoms with van der Waals surface area (Å²) < 4.78 is 4.73. The molecule has 0 heterocycles. The summed E-state index contributed by atoms with van der Waals surface area (Å²) in [6, 6.07) is 0. The van der Waals surface area contributed by atoms with Gasteiger partial charge < -0.3 is 20.1 Å². The molecule has 0 radical (unpaired) electrons. The Hall–Kier alpha value is -2.21. The maximum Gasteiger partial charge on any atom is 0.237 e. The lowest BCUT2D eigenvalue weighted by atomic mass is 9.91. The second-order valence-corrected chi connectivity index (χ2v) is 3.90. The highest BCUT2D eigenvalue weighted by Gasteiger charge is 2.35. The number of hydrogen-bond donors (Lipinski definition) is 3. The molecular weight excluding hydrogens is 264 g/mol. The summed E-state index contributed by atoms with van der Waals surface area (Å²) >= 11 is 5.72. The van der Waals surface area contributed by atoms with Gasteiger partial charge in [0.05, 0.1) is 18.2 Å². The van der Waals surface area contributed by atoms with Crippen molar-refractivity contribution in [2.24, 2.45) is 0 Å². The molecule has 0 aromatic heterocycles. The van der Waals surface area contributed by atoms with Crippen LogP contribution in [-0.2, 0) is 4.79 Å². The molecule has 0 aliphatic heterocycles. The minimum Gasteiger partial charge on any atom is -0.507 e. The van der Waals surface area contributed by atoms with Gasteiger partial charge in [0.2, 0.25) is 11.6 Å². The van der Waals surface area contributed by atoms with E-state index in [-0.39, 0.29) is 16.3 Å². The van der Waals surface area contributed by atoms with Crippen molar-refractivity contribution >= 4 is 28.9 Å². The number of phenols is 2. The average Bonchev–Trinajstić information content (AvgIpc) is 2.31. The van der Waals surface area contributed by atoms with E-state index in [9.17, 15) is 24.9 Å². The molecule has 0 spiro atoms. The minimum atomic E-state index is -1.06. The summed E-state index contributed by atoms with van der Waals surface area (Å²) in [5.74, 6) is -4.41. The van der Waals surface area contributed by atoms with E-state index in [1.165, 1.54) is 0 Å². The zero-order valence-corrected chi connectivity index (χ0v) is 9.78. The van der Waals surface area contributed by atoms with Crippen molar-refractivity contribution in [1.29, 1.82) is 0 Å². The number of ketones is 2. The second-order valence-electron chi connectivity index (χ2n) is 3.52. The Morgan fingerprint density at radius 3 is 2.28 bits per heavy atom. The molecule has 0 amide bonds. The molecule has 1 aliphatic rings. The van der Waals surface area contributed by atoms with Gasteiger partial charge in [0.15, 0.2) is 11.5 Å². The van der Waals surface area contributed by atoms with E-state index in [4.69, 9.17) is 16.3 Å². The smallest absolute Gasteiger partial charge is 0.237 e. The summed E-state index contributed by atoms with van der Waals surface area (Å²) in [4.78, 5) is 22.9. The standard InChI is InChI=1S/C11H7ClO6/c1-18-11-7(12)9(16)5-3(13)2-4(14)8(15)6(5)10(11)17/h2,13,16-17H,1H3. The number of benzene rings is 1. The Balaban J connectivity index is 2.94. The van der Waals surface area contributed by atoms with E-state index in [1.54, 1.807) is 0 Å². The first-order valence-corrected chi connectivity index (χ1v) is 5.09. The maximum absolute atomic E-state index is 11.6. The second kappa shape index (κ2) is 3.92. The van der Waals surface area contributed by atoms with Crippen LogP contribution >= 0.6 is 11.6 Å². The summed E-state index contributed by atoms with van der Waals surface area (Å²) in [5, 5.41) is 28.8. The van der Waals surface area contributed by atoms with Crippen LogP contribution in [0.5, 0.6) is 17.2 Å². The first-order valence-electron chi connectivity index (χ1n) is 4.71. The van der Waals surface area contributed by atoms with Gasteiger partial charge in [0.1, 0.15) is 16.5 Å².